The smallest absolute Gasteiger partial charge is 0.338 e. The second kappa shape index (κ2) is 9.14. The summed E-state index contributed by atoms with van der Waals surface area (Å²) in [5, 5.41) is 13.2. The Hall–Kier alpha value is -4.90. The number of hydrogen-bond donors (Lipinski definition) is 0. The molecule has 6 rings (SSSR count). The van der Waals surface area contributed by atoms with Crippen molar-refractivity contribution in [1.29, 1.82) is 0 Å². The highest BCUT2D eigenvalue weighted by Gasteiger charge is 2.30. The molecule has 0 spiro atoms. The summed E-state index contributed by atoms with van der Waals surface area (Å²) in [4.78, 5) is 24.8. The molecule has 0 saturated heterocycles. The Kier molecular flexibility index (Phi) is 5.72. The zero-order valence-corrected chi connectivity index (χ0v) is 21.3. The molecule has 0 N–H and O–H groups in total. The first-order chi connectivity index (χ1) is 18.8. The lowest BCUT2D eigenvalue weighted by molar-refractivity contribution is -0.384. The van der Waals surface area contributed by atoms with Crippen molar-refractivity contribution >= 4 is 43.5 Å². The minimum Gasteiger partial charge on any atom is -0.462 e. The van der Waals surface area contributed by atoms with Crippen LogP contribution in [0, 0.1) is 10.1 Å². The van der Waals surface area contributed by atoms with E-state index in [0.717, 1.165) is 0 Å². The lowest BCUT2D eigenvalue weighted by Crippen LogP contribution is -2.13. The normalized spacial score (nSPS) is 12.6. The summed E-state index contributed by atoms with van der Waals surface area (Å²) in [6, 6.07) is 20.6. The van der Waals surface area contributed by atoms with E-state index in [4.69, 9.17) is 14.2 Å². The van der Waals surface area contributed by atoms with E-state index in [-0.39, 0.29) is 51.9 Å². The van der Waals surface area contributed by atoms with E-state index in [9.17, 15) is 23.3 Å². The molecule has 0 radical (unpaired) electrons. The highest BCUT2D eigenvalue weighted by atomic mass is 32.2. The maximum absolute atomic E-state index is 13.9. The highest BCUT2D eigenvalue weighted by molar-refractivity contribution is 7.90. The highest BCUT2D eigenvalue weighted by Crippen LogP contribution is 2.45. The van der Waals surface area contributed by atoms with Gasteiger partial charge in [-0.2, -0.15) is 0 Å². The Labute approximate surface area is 222 Å². The van der Waals surface area contributed by atoms with Gasteiger partial charge in [0.25, 0.3) is 15.7 Å². The fourth-order valence-electron chi connectivity index (χ4n) is 4.84. The van der Waals surface area contributed by atoms with Gasteiger partial charge in [-0.15, -0.1) is 0 Å². The van der Waals surface area contributed by atoms with Crippen LogP contribution in [0.25, 0.3) is 32.9 Å². The van der Waals surface area contributed by atoms with Gasteiger partial charge in [0.1, 0.15) is 0 Å². The van der Waals surface area contributed by atoms with Crippen LogP contribution in [0.5, 0.6) is 11.5 Å². The number of para-hydroxylation sites is 1. The number of nitro benzene ring substituents is 1. The molecule has 10 nitrogen and oxygen atoms in total. The molecule has 0 unspecified atom stereocenters. The number of carbonyl (C=O) groups excluding carboxylic acids is 1. The molecule has 4 aromatic carbocycles. The molecule has 11 heteroatoms. The summed E-state index contributed by atoms with van der Waals surface area (Å²) in [7, 11) is -4.09. The Balaban J connectivity index is 1.73. The largest absolute Gasteiger partial charge is 0.462 e. The Morgan fingerprint density at radius 2 is 1.62 bits per heavy atom. The van der Waals surface area contributed by atoms with Crippen molar-refractivity contribution in [3.8, 4) is 22.6 Å². The predicted octanol–water partition coefficient (Wildman–Crippen LogP) is 5.51. The van der Waals surface area contributed by atoms with Gasteiger partial charge in [0.2, 0.25) is 6.79 Å². The Morgan fingerprint density at radius 1 is 0.923 bits per heavy atom. The fraction of sp³-hybridized carbons (Fsp3) is 0.107. The van der Waals surface area contributed by atoms with Crippen LogP contribution < -0.4 is 9.47 Å². The maximum Gasteiger partial charge on any atom is 0.338 e. The summed E-state index contributed by atoms with van der Waals surface area (Å²) in [6.45, 7) is 1.59. The average molecular weight is 545 g/mol. The van der Waals surface area contributed by atoms with Crippen LogP contribution in [-0.2, 0) is 14.8 Å². The first kappa shape index (κ1) is 24.4. The third-order valence-corrected chi connectivity index (χ3v) is 8.26. The number of carbonyl (C=O) groups is 1. The van der Waals surface area contributed by atoms with Crippen molar-refractivity contribution in [3.63, 3.8) is 0 Å². The number of benzene rings is 4. The van der Waals surface area contributed by atoms with Gasteiger partial charge in [0.15, 0.2) is 11.5 Å². The van der Waals surface area contributed by atoms with Crippen LogP contribution in [0.2, 0.25) is 0 Å². The van der Waals surface area contributed by atoms with Gasteiger partial charge in [-0.1, -0.05) is 36.4 Å². The molecule has 196 valence electrons. The van der Waals surface area contributed by atoms with E-state index in [1.165, 1.54) is 34.3 Å². The second-order valence-electron chi connectivity index (χ2n) is 8.71. The molecule has 1 aromatic heterocycles. The quantitative estimate of drug-likeness (QED) is 0.156. The molecule has 5 aromatic rings. The lowest BCUT2D eigenvalue weighted by Gasteiger charge is -2.13. The second-order valence-corrected chi connectivity index (χ2v) is 10.5. The van der Waals surface area contributed by atoms with Gasteiger partial charge in [-0.25, -0.2) is 17.2 Å². The van der Waals surface area contributed by atoms with Crippen LogP contribution in [0.3, 0.4) is 0 Å². The molecule has 0 bridgehead atoms. The number of nitro groups is 1. The van der Waals surface area contributed by atoms with Gasteiger partial charge >= 0.3 is 5.97 Å². The van der Waals surface area contributed by atoms with Crippen LogP contribution in [0.15, 0.2) is 83.8 Å². The SMILES string of the molecule is CCOC(=O)c1cc2c(cc1-c1cc3c(cc1[N+](=O)[O-])OCO3)c1ccccc1n2S(=O)(=O)c1ccccc1. The van der Waals surface area contributed by atoms with Crippen molar-refractivity contribution in [1.82, 2.24) is 3.97 Å². The van der Waals surface area contributed by atoms with E-state index in [0.29, 0.717) is 22.0 Å². The van der Waals surface area contributed by atoms with E-state index < -0.39 is 20.9 Å². The summed E-state index contributed by atoms with van der Waals surface area (Å²) in [5.74, 6) is -0.246. The standard InChI is InChI=1S/C28H20N2O8S/c1-2-36-28(31)22-13-24-20(12-19(22)21-14-26-27(38-16-37-26)15-25(21)30(32)33)18-10-6-7-11-23(18)29(24)39(34,35)17-8-4-3-5-9-17/h3-15H,2,16H2,1H3. The molecule has 0 saturated carbocycles. The van der Waals surface area contributed by atoms with Crippen LogP contribution in [-0.4, -0.2) is 36.7 Å². The maximum atomic E-state index is 13.9. The molecule has 39 heavy (non-hydrogen) atoms. The molecule has 0 fully saturated rings. The number of rotatable bonds is 6. The minimum absolute atomic E-state index is 0.0290. The minimum atomic E-state index is -4.09. The summed E-state index contributed by atoms with van der Waals surface area (Å²) in [6.07, 6.45) is 0. The molecule has 0 amide bonds. The van der Waals surface area contributed by atoms with Crippen LogP contribution in [0.4, 0.5) is 5.69 Å². The van der Waals surface area contributed by atoms with Gasteiger partial charge in [0, 0.05) is 16.3 Å². The molecule has 1 aliphatic heterocycles. The zero-order valence-electron chi connectivity index (χ0n) is 20.5. The lowest BCUT2D eigenvalue weighted by atomic mass is 9.95. The van der Waals surface area contributed by atoms with Crippen molar-refractivity contribution in [3.05, 3.63) is 94.5 Å². The average Bonchev–Trinajstić information content (AvgIpc) is 3.54. The Morgan fingerprint density at radius 3 is 2.33 bits per heavy atom. The number of fused-ring (bicyclic) bond motifs is 4. The van der Waals surface area contributed by atoms with E-state index in [2.05, 4.69) is 0 Å². The summed E-state index contributed by atoms with van der Waals surface area (Å²) >= 11 is 0. The first-order valence-corrected chi connectivity index (χ1v) is 13.4. The molecular weight excluding hydrogens is 524 g/mol. The third-order valence-electron chi connectivity index (χ3n) is 6.52. The Bertz CT molecular complexity index is 1910. The third kappa shape index (κ3) is 3.86. The van der Waals surface area contributed by atoms with Crippen LogP contribution >= 0.6 is 0 Å². The van der Waals surface area contributed by atoms with Crippen molar-refractivity contribution in [2.75, 3.05) is 13.4 Å². The molecule has 0 atom stereocenters. The van der Waals surface area contributed by atoms with Crippen LogP contribution in [0.1, 0.15) is 17.3 Å². The van der Waals surface area contributed by atoms with Crippen molar-refractivity contribution in [2.45, 2.75) is 11.8 Å². The van der Waals surface area contributed by atoms with E-state index >= 15 is 0 Å². The number of aromatic nitrogens is 1. The molecule has 2 heterocycles. The molecule has 1 aliphatic rings. The molecular formula is C28H20N2O8S. The topological polar surface area (TPSA) is 127 Å². The predicted molar refractivity (Wildman–Crippen MR) is 143 cm³/mol. The fourth-order valence-corrected chi connectivity index (χ4v) is 6.38. The molecule has 0 aliphatic carbocycles. The van der Waals surface area contributed by atoms with Gasteiger partial charge in [0.05, 0.1) is 44.7 Å². The van der Waals surface area contributed by atoms with Gasteiger partial charge < -0.3 is 14.2 Å². The van der Waals surface area contributed by atoms with Gasteiger partial charge in [-0.3, -0.25) is 10.1 Å². The number of nitrogens with zero attached hydrogens (tertiary/aromatic N) is 2. The summed E-state index contributed by atoms with van der Waals surface area (Å²) in [5.41, 5.74) is 0.602. The number of ether oxygens (including phenoxy) is 3. The van der Waals surface area contributed by atoms with Crippen molar-refractivity contribution in [2.24, 2.45) is 0 Å². The van der Waals surface area contributed by atoms with Gasteiger partial charge in [-0.05, 0) is 43.3 Å². The first-order valence-electron chi connectivity index (χ1n) is 11.9. The number of hydrogen-bond acceptors (Lipinski definition) is 8. The van der Waals surface area contributed by atoms with Crippen molar-refractivity contribution < 1.29 is 32.3 Å². The summed E-state index contributed by atoms with van der Waals surface area (Å²) < 4.78 is 45.0. The van der Waals surface area contributed by atoms with E-state index in [1.54, 1.807) is 55.5 Å². The zero-order chi connectivity index (χ0) is 27.3. The monoisotopic (exact) mass is 544 g/mol. The van der Waals surface area contributed by atoms with E-state index in [1.807, 2.05) is 0 Å². The number of esters is 1.